The molecule has 0 unspecified atom stereocenters. The number of para-hydroxylation sites is 1. The van der Waals surface area contributed by atoms with Crippen molar-refractivity contribution in [1.82, 2.24) is 0 Å². The van der Waals surface area contributed by atoms with E-state index in [1.54, 1.807) is 6.07 Å². The number of fused-ring (bicyclic) bond motifs is 3. The molecule has 0 N–H and O–H groups in total. The molecule has 2 heterocycles. The van der Waals surface area contributed by atoms with Gasteiger partial charge in [-0.3, -0.25) is 4.79 Å². The molecule has 0 aliphatic carbocycles. The monoisotopic (exact) mass is 422 g/mol. The summed E-state index contributed by atoms with van der Waals surface area (Å²) in [6.07, 6.45) is 11.7. The van der Waals surface area contributed by atoms with Gasteiger partial charge in [-0.25, -0.2) is 4.79 Å². The zero-order valence-electron chi connectivity index (χ0n) is 18.7. The van der Waals surface area contributed by atoms with Crippen LogP contribution < -0.4 is 10.4 Å². The van der Waals surface area contributed by atoms with Crippen molar-refractivity contribution in [2.24, 2.45) is 0 Å². The summed E-state index contributed by atoms with van der Waals surface area (Å²) >= 11 is 0. The molecule has 31 heavy (non-hydrogen) atoms. The second kappa shape index (κ2) is 9.82. The molecule has 0 saturated heterocycles. The van der Waals surface area contributed by atoms with Crippen molar-refractivity contribution >= 4 is 23.0 Å². The molecule has 0 amide bonds. The third-order valence-corrected chi connectivity index (χ3v) is 5.40. The number of allylic oxidation sites excluding steroid dienone is 3. The van der Waals surface area contributed by atoms with Crippen LogP contribution in [0.25, 0.3) is 17.0 Å². The normalized spacial score (nSPS) is 18.6. The first-order chi connectivity index (χ1) is 14.8. The van der Waals surface area contributed by atoms with Gasteiger partial charge in [0.15, 0.2) is 0 Å². The Labute approximate surface area is 183 Å². The second-order valence-corrected chi connectivity index (χ2v) is 8.34. The van der Waals surface area contributed by atoms with Gasteiger partial charge in [-0.05, 0) is 76.3 Å². The van der Waals surface area contributed by atoms with E-state index in [1.165, 1.54) is 12.5 Å². The van der Waals surface area contributed by atoms with E-state index in [0.717, 1.165) is 36.6 Å². The van der Waals surface area contributed by atoms with Crippen LogP contribution in [0.1, 0.15) is 58.9 Å². The lowest BCUT2D eigenvalue weighted by atomic mass is 9.94. The standard InChI is InChI=1S/C26H30O5/c1-18(9-7-10-19(2)17-29-20(3)27)11-8-15-26(4)16-14-22-24(31-26)21-12-5-6-13-23(21)30-25(22)28/h5-6,10-14,16H,7-9,15,17H2,1-4H3/b18-11+,19-10+/t26-/m0/s1. The van der Waals surface area contributed by atoms with Crippen LogP contribution in [-0.2, 0) is 9.53 Å². The van der Waals surface area contributed by atoms with Gasteiger partial charge in [0.1, 0.15) is 29.1 Å². The summed E-state index contributed by atoms with van der Waals surface area (Å²) < 4.78 is 16.7. The fraction of sp³-hybridized carbons (Fsp3) is 0.385. The Morgan fingerprint density at radius 3 is 2.61 bits per heavy atom. The first-order valence-electron chi connectivity index (χ1n) is 10.7. The molecule has 0 bridgehead atoms. The van der Waals surface area contributed by atoms with Gasteiger partial charge in [0, 0.05) is 6.92 Å². The highest BCUT2D eigenvalue weighted by atomic mass is 16.5. The van der Waals surface area contributed by atoms with Gasteiger partial charge in [0.2, 0.25) is 0 Å². The maximum absolute atomic E-state index is 12.3. The van der Waals surface area contributed by atoms with Gasteiger partial charge in [-0.1, -0.05) is 29.9 Å². The van der Waals surface area contributed by atoms with Crippen LogP contribution in [-0.4, -0.2) is 18.2 Å². The molecule has 0 saturated carbocycles. The van der Waals surface area contributed by atoms with E-state index in [0.29, 0.717) is 23.5 Å². The van der Waals surface area contributed by atoms with Crippen LogP contribution in [0.15, 0.2) is 62.9 Å². The van der Waals surface area contributed by atoms with Gasteiger partial charge in [0.25, 0.3) is 0 Å². The van der Waals surface area contributed by atoms with Crippen molar-refractivity contribution in [2.45, 2.75) is 59.0 Å². The Morgan fingerprint density at radius 2 is 1.84 bits per heavy atom. The Hall–Kier alpha value is -3.08. The molecule has 1 aromatic carbocycles. The Morgan fingerprint density at radius 1 is 1.10 bits per heavy atom. The highest BCUT2D eigenvalue weighted by Gasteiger charge is 2.29. The van der Waals surface area contributed by atoms with E-state index in [2.05, 4.69) is 19.1 Å². The van der Waals surface area contributed by atoms with Crippen molar-refractivity contribution in [2.75, 3.05) is 6.61 Å². The Bertz CT molecular complexity index is 1100. The predicted molar refractivity (Wildman–Crippen MR) is 123 cm³/mol. The zero-order valence-corrected chi connectivity index (χ0v) is 18.7. The van der Waals surface area contributed by atoms with E-state index in [1.807, 2.05) is 44.2 Å². The summed E-state index contributed by atoms with van der Waals surface area (Å²) in [5.74, 6) is 0.346. The van der Waals surface area contributed by atoms with Crippen LogP contribution in [0.3, 0.4) is 0 Å². The van der Waals surface area contributed by atoms with Gasteiger partial charge >= 0.3 is 11.6 Å². The van der Waals surface area contributed by atoms with Crippen molar-refractivity contribution in [3.63, 3.8) is 0 Å². The number of carbonyl (C=O) groups is 1. The fourth-order valence-electron chi connectivity index (χ4n) is 3.58. The number of esters is 1. The van der Waals surface area contributed by atoms with E-state index in [4.69, 9.17) is 13.9 Å². The number of hydrogen-bond donors (Lipinski definition) is 0. The molecule has 1 aliphatic rings. The summed E-state index contributed by atoms with van der Waals surface area (Å²) in [5.41, 5.74) is 2.52. The zero-order chi connectivity index (χ0) is 22.4. The molecule has 1 aromatic heterocycles. The topological polar surface area (TPSA) is 65.7 Å². The van der Waals surface area contributed by atoms with Crippen molar-refractivity contribution in [3.05, 3.63) is 69.6 Å². The molecule has 0 radical (unpaired) electrons. The molecule has 5 nitrogen and oxygen atoms in total. The van der Waals surface area contributed by atoms with E-state index < -0.39 is 5.60 Å². The number of carbonyl (C=O) groups excluding carboxylic acids is 1. The van der Waals surface area contributed by atoms with E-state index in [-0.39, 0.29) is 11.6 Å². The summed E-state index contributed by atoms with van der Waals surface area (Å²) in [5, 5.41) is 0.815. The molecule has 5 heteroatoms. The van der Waals surface area contributed by atoms with E-state index >= 15 is 0 Å². The maximum atomic E-state index is 12.3. The number of hydrogen-bond acceptors (Lipinski definition) is 5. The lowest BCUT2D eigenvalue weighted by Crippen LogP contribution is -2.33. The minimum atomic E-state index is -0.485. The summed E-state index contributed by atoms with van der Waals surface area (Å²) in [6.45, 7) is 7.91. The largest absolute Gasteiger partial charge is 0.482 e. The van der Waals surface area contributed by atoms with Gasteiger partial charge in [-0.15, -0.1) is 0 Å². The average Bonchev–Trinajstić information content (AvgIpc) is 2.72. The number of rotatable bonds is 8. The van der Waals surface area contributed by atoms with Crippen molar-refractivity contribution in [3.8, 4) is 5.75 Å². The molecule has 0 spiro atoms. The molecular weight excluding hydrogens is 392 g/mol. The van der Waals surface area contributed by atoms with Gasteiger partial charge in [0.05, 0.1) is 5.39 Å². The maximum Gasteiger partial charge on any atom is 0.347 e. The lowest BCUT2D eigenvalue weighted by molar-refractivity contribution is -0.139. The molecular formula is C26H30O5. The SMILES string of the molecule is CC(=O)OC/C(C)=C/CC/C(C)=C/CC[C@@]1(C)C=Cc2c(c3ccccc3oc2=O)O1. The highest BCUT2D eigenvalue weighted by Crippen LogP contribution is 2.37. The molecule has 1 atom stereocenters. The van der Waals surface area contributed by atoms with Crippen LogP contribution in [0.2, 0.25) is 0 Å². The van der Waals surface area contributed by atoms with Gasteiger partial charge < -0.3 is 13.9 Å². The first-order valence-corrected chi connectivity index (χ1v) is 10.7. The smallest absolute Gasteiger partial charge is 0.347 e. The minimum absolute atomic E-state index is 0.257. The summed E-state index contributed by atoms with van der Waals surface area (Å²) in [4.78, 5) is 23.1. The number of ether oxygens (including phenoxy) is 2. The van der Waals surface area contributed by atoms with Crippen LogP contribution >= 0.6 is 0 Å². The molecule has 0 fully saturated rings. The first kappa shape index (κ1) is 22.6. The quantitative estimate of drug-likeness (QED) is 0.298. The Balaban J connectivity index is 1.59. The molecule has 1 aliphatic heterocycles. The van der Waals surface area contributed by atoms with Crippen LogP contribution in [0.5, 0.6) is 5.75 Å². The molecule has 2 aromatic rings. The minimum Gasteiger partial charge on any atom is -0.482 e. The third kappa shape index (κ3) is 5.97. The molecule has 3 rings (SSSR count). The second-order valence-electron chi connectivity index (χ2n) is 8.34. The summed E-state index contributed by atoms with van der Waals surface area (Å²) in [6, 6.07) is 7.45. The summed E-state index contributed by atoms with van der Waals surface area (Å²) in [7, 11) is 0. The lowest BCUT2D eigenvalue weighted by Gasteiger charge is -2.31. The highest BCUT2D eigenvalue weighted by molar-refractivity contribution is 5.87. The van der Waals surface area contributed by atoms with Crippen molar-refractivity contribution in [1.29, 1.82) is 0 Å². The van der Waals surface area contributed by atoms with E-state index in [9.17, 15) is 9.59 Å². The Kier molecular flexibility index (Phi) is 7.16. The predicted octanol–water partition coefficient (Wildman–Crippen LogP) is 5.97. The number of benzene rings is 1. The van der Waals surface area contributed by atoms with Gasteiger partial charge in [-0.2, -0.15) is 0 Å². The van der Waals surface area contributed by atoms with Crippen LogP contribution in [0.4, 0.5) is 0 Å². The molecule has 164 valence electrons. The third-order valence-electron chi connectivity index (χ3n) is 5.40. The average molecular weight is 423 g/mol. The fourth-order valence-corrected chi connectivity index (χ4v) is 3.58. The van der Waals surface area contributed by atoms with Crippen molar-refractivity contribution < 1.29 is 18.7 Å². The van der Waals surface area contributed by atoms with Crippen LogP contribution in [0, 0.1) is 0 Å².